The van der Waals surface area contributed by atoms with Gasteiger partial charge in [0.15, 0.2) is 11.5 Å². The van der Waals surface area contributed by atoms with Gasteiger partial charge in [-0.05, 0) is 68.2 Å². The Labute approximate surface area is 232 Å². The minimum Gasteiger partial charge on any atom is -0.493 e. The fraction of sp³-hybridized carbons (Fsp3) is 0.581. The van der Waals surface area contributed by atoms with Crippen LogP contribution in [0.3, 0.4) is 0 Å². The second kappa shape index (κ2) is 9.89. The number of rotatable bonds is 9. The van der Waals surface area contributed by atoms with E-state index in [0.717, 1.165) is 49.3 Å². The van der Waals surface area contributed by atoms with Crippen molar-refractivity contribution in [3.63, 3.8) is 0 Å². The number of nitrogens with zero attached hydrogens (tertiary/aromatic N) is 2. The molecular formula is C31H40N2O5S. The summed E-state index contributed by atoms with van der Waals surface area (Å²) in [5, 5.41) is 0. The molecule has 0 aromatic heterocycles. The average Bonchev–Trinajstić information content (AvgIpc) is 3.24. The van der Waals surface area contributed by atoms with E-state index in [9.17, 15) is 13.2 Å². The Bertz CT molecular complexity index is 1360. The normalized spacial score (nSPS) is 29.3. The molecule has 8 heteroatoms. The first-order chi connectivity index (χ1) is 18.7. The van der Waals surface area contributed by atoms with Crippen molar-refractivity contribution >= 4 is 15.8 Å². The van der Waals surface area contributed by atoms with Crippen molar-refractivity contribution in [3.05, 3.63) is 59.2 Å². The molecule has 2 aliphatic carbocycles. The maximum Gasteiger partial charge on any atom is 0.218 e. The number of ether oxygens (including phenoxy) is 2. The molecule has 0 N–H and O–H groups in total. The largest absolute Gasteiger partial charge is 0.493 e. The SMILES string of the molecule is COc1ccc2c3c1O[C@H]1[C@@H](N(CC(C)C)S(=O)(=O)Cc4ccccc4)CC[C@H]4[C@@H](C2)N(CC(C)=O)CC[C@@]341. The van der Waals surface area contributed by atoms with Crippen molar-refractivity contribution in [2.75, 3.05) is 26.7 Å². The summed E-state index contributed by atoms with van der Waals surface area (Å²) < 4.78 is 42.7. The van der Waals surface area contributed by atoms with Crippen LogP contribution in [0.2, 0.25) is 0 Å². The lowest BCUT2D eigenvalue weighted by atomic mass is 9.51. The predicted octanol–water partition coefficient (Wildman–Crippen LogP) is 4.18. The molecule has 5 atom stereocenters. The standard InChI is InChI=1S/C31H40N2O5S/c1-20(2)17-33(39(35,36)19-22-8-6-5-7-9-22)25-12-11-24-26-16-23-10-13-27(37-4)29-28(23)31(24,30(25)38-29)14-15-32(26)18-21(3)34/h5-10,13,20,24-26,30H,11-12,14-19H2,1-4H3/t24-,25-,26+,30-,31-/m0/s1. The molecule has 6 rings (SSSR count). The van der Waals surface area contributed by atoms with Gasteiger partial charge in [0.2, 0.25) is 10.0 Å². The topological polar surface area (TPSA) is 76.2 Å². The third-order valence-electron chi connectivity index (χ3n) is 9.50. The zero-order valence-corrected chi connectivity index (χ0v) is 24.2. The van der Waals surface area contributed by atoms with E-state index in [1.165, 1.54) is 11.1 Å². The van der Waals surface area contributed by atoms with Crippen molar-refractivity contribution in [3.8, 4) is 11.5 Å². The molecule has 1 saturated heterocycles. The zero-order valence-electron chi connectivity index (χ0n) is 23.4. The molecule has 2 fully saturated rings. The molecule has 2 aromatic rings. The summed E-state index contributed by atoms with van der Waals surface area (Å²) in [6.07, 6.45) is 3.11. The summed E-state index contributed by atoms with van der Waals surface area (Å²) in [5.74, 6) is 2.19. The number of Topliss-reactive ketones (excluding diaryl/α,β-unsaturated/α-hetero) is 1. The molecule has 2 bridgehead atoms. The van der Waals surface area contributed by atoms with Crippen LogP contribution in [-0.4, -0.2) is 68.3 Å². The van der Waals surface area contributed by atoms with E-state index in [2.05, 4.69) is 24.8 Å². The number of ketones is 1. The molecule has 1 spiro atoms. The fourth-order valence-electron chi connectivity index (χ4n) is 8.21. The van der Waals surface area contributed by atoms with Gasteiger partial charge in [-0.2, -0.15) is 4.31 Å². The number of hydrogen-bond donors (Lipinski definition) is 0. The smallest absolute Gasteiger partial charge is 0.218 e. The van der Waals surface area contributed by atoms with Gasteiger partial charge in [0.1, 0.15) is 11.9 Å². The van der Waals surface area contributed by atoms with Crippen LogP contribution in [0.1, 0.15) is 56.7 Å². The highest BCUT2D eigenvalue weighted by atomic mass is 32.2. The average molecular weight is 553 g/mol. The summed E-state index contributed by atoms with van der Waals surface area (Å²) in [5.41, 5.74) is 3.01. The Hall–Kier alpha value is -2.42. The van der Waals surface area contributed by atoms with Crippen LogP contribution in [0.5, 0.6) is 11.5 Å². The number of benzene rings is 2. The Morgan fingerprint density at radius 2 is 1.95 bits per heavy atom. The molecule has 2 aliphatic heterocycles. The lowest BCUT2D eigenvalue weighted by Crippen LogP contribution is -2.69. The Morgan fingerprint density at radius 3 is 2.64 bits per heavy atom. The van der Waals surface area contributed by atoms with Crippen LogP contribution in [0.25, 0.3) is 0 Å². The molecule has 39 heavy (non-hydrogen) atoms. The molecule has 210 valence electrons. The molecule has 0 amide bonds. The Kier molecular flexibility index (Phi) is 6.79. The second-order valence-corrected chi connectivity index (χ2v) is 14.3. The Balaban J connectivity index is 1.44. The van der Waals surface area contributed by atoms with Crippen molar-refractivity contribution in [2.24, 2.45) is 11.8 Å². The van der Waals surface area contributed by atoms with E-state index in [-0.39, 0.29) is 41.1 Å². The summed E-state index contributed by atoms with van der Waals surface area (Å²) in [4.78, 5) is 14.6. The Morgan fingerprint density at radius 1 is 1.18 bits per heavy atom. The predicted molar refractivity (Wildman–Crippen MR) is 151 cm³/mol. The van der Waals surface area contributed by atoms with Crippen molar-refractivity contribution < 1.29 is 22.7 Å². The van der Waals surface area contributed by atoms with Gasteiger partial charge in [-0.25, -0.2) is 8.42 Å². The molecular weight excluding hydrogens is 512 g/mol. The number of carbonyl (C=O) groups excluding carboxylic acids is 1. The number of sulfonamides is 1. The van der Waals surface area contributed by atoms with Crippen molar-refractivity contribution in [1.29, 1.82) is 0 Å². The second-order valence-electron chi connectivity index (χ2n) is 12.4. The monoisotopic (exact) mass is 552 g/mol. The van der Waals surface area contributed by atoms with Crippen LogP contribution >= 0.6 is 0 Å². The van der Waals surface area contributed by atoms with Gasteiger partial charge in [0.05, 0.1) is 25.4 Å². The van der Waals surface area contributed by atoms with Crippen molar-refractivity contribution in [1.82, 2.24) is 9.21 Å². The number of likely N-dealkylation sites (tertiary alicyclic amines) is 1. The molecule has 0 radical (unpaired) electrons. The maximum absolute atomic E-state index is 14.1. The quantitative estimate of drug-likeness (QED) is 0.465. The van der Waals surface area contributed by atoms with Crippen LogP contribution in [0.4, 0.5) is 0 Å². The highest BCUT2D eigenvalue weighted by Gasteiger charge is 2.67. The maximum atomic E-state index is 14.1. The first-order valence-corrected chi connectivity index (χ1v) is 15.9. The third-order valence-corrected chi connectivity index (χ3v) is 11.3. The van der Waals surface area contributed by atoms with Crippen LogP contribution in [-0.2, 0) is 32.4 Å². The molecule has 2 heterocycles. The van der Waals surface area contributed by atoms with E-state index in [1.807, 2.05) is 36.4 Å². The molecule has 1 saturated carbocycles. The summed E-state index contributed by atoms with van der Waals surface area (Å²) in [6.45, 7) is 7.57. The van der Waals surface area contributed by atoms with E-state index < -0.39 is 10.0 Å². The molecule has 7 nitrogen and oxygen atoms in total. The third kappa shape index (κ3) is 4.30. The van der Waals surface area contributed by atoms with Crippen LogP contribution < -0.4 is 9.47 Å². The number of carbonyl (C=O) groups is 1. The van der Waals surface area contributed by atoms with Gasteiger partial charge >= 0.3 is 0 Å². The number of hydrogen-bond acceptors (Lipinski definition) is 6. The summed E-state index contributed by atoms with van der Waals surface area (Å²) in [6, 6.07) is 13.6. The molecule has 2 aromatic carbocycles. The number of methoxy groups -OCH3 is 1. The van der Waals surface area contributed by atoms with Gasteiger partial charge in [-0.3, -0.25) is 9.69 Å². The number of piperidine rings is 1. The lowest BCUT2D eigenvalue weighted by molar-refractivity contribution is -0.123. The molecule has 4 aliphatic rings. The summed E-state index contributed by atoms with van der Waals surface area (Å²) >= 11 is 0. The van der Waals surface area contributed by atoms with E-state index in [0.29, 0.717) is 19.0 Å². The molecule has 0 unspecified atom stereocenters. The summed E-state index contributed by atoms with van der Waals surface area (Å²) in [7, 11) is -1.94. The highest BCUT2D eigenvalue weighted by Crippen LogP contribution is 2.64. The first-order valence-electron chi connectivity index (χ1n) is 14.3. The van der Waals surface area contributed by atoms with Crippen LogP contribution in [0, 0.1) is 11.8 Å². The van der Waals surface area contributed by atoms with E-state index in [1.54, 1.807) is 18.3 Å². The van der Waals surface area contributed by atoms with Gasteiger partial charge < -0.3 is 9.47 Å². The van der Waals surface area contributed by atoms with Gasteiger partial charge in [0.25, 0.3) is 0 Å². The van der Waals surface area contributed by atoms with E-state index >= 15 is 0 Å². The minimum atomic E-state index is -3.61. The van der Waals surface area contributed by atoms with Gasteiger partial charge in [-0.15, -0.1) is 0 Å². The van der Waals surface area contributed by atoms with Gasteiger partial charge in [-0.1, -0.05) is 50.2 Å². The van der Waals surface area contributed by atoms with Gasteiger partial charge in [0, 0.05) is 23.6 Å². The highest BCUT2D eigenvalue weighted by molar-refractivity contribution is 7.88. The lowest BCUT2D eigenvalue weighted by Gasteiger charge is -2.60. The van der Waals surface area contributed by atoms with Crippen molar-refractivity contribution in [2.45, 2.75) is 75.8 Å². The fourth-order valence-corrected chi connectivity index (χ4v) is 10.1. The zero-order chi connectivity index (χ0) is 27.5. The minimum absolute atomic E-state index is 0.0171. The first kappa shape index (κ1) is 26.8. The van der Waals surface area contributed by atoms with E-state index in [4.69, 9.17) is 9.47 Å². The van der Waals surface area contributed by atoms with Crippen LogP contribution in [0.15, 0.2) is 42.5 Å².